The minimum Gasteiger partial charge on any atom is -0.366 e. The number of hydrogen-bond donors (Lipinski definition) is 1. The molecule has 1 amide bonds. The lowest BCUT2D eigenvalue weighted by atomic mass is 10.1. The predicted octanol–water partition coefficient (Wildman–Crippen LogP) is 2.35. The number of piperazine rings is 1. The standard InChI is InChI=1S/C18H19ClFN3O3S/c1-21-27(25,26)13-6-7-15(19)14(12-13)18(24)23-10-8-22(9-11-23)17-5-3-2-4-16(17)20/h2-7,12,21H,8-11H2,1H3. The lowest BCUT2D eigenvalue weighted by molar-refractivity contribution is 0.0746. The molecular formula is C18H19ClFN3O3S. The second kappa shape index (κ2) is 7.84. The van der Waals surface area contributed by atoms with Crippen molar-refractivity contribution in [2.24, 2.45) is 0 Å². The molecule has 1 N–H and O–H groups in total. The van der Waals surface area contributed by atoms with E-state index in [2.05, 4.69) is 4.72 Å². The first kappa shape index (κ1) is 19.6. The largest absolute Gasteiger partial charge is 0.366 e. The highest BCUT2D eigenvalue weighted by Crippen LogP contribution is 2.24. The molecular weight excluding hydrogens is 393 g/mol. The van der Waals surface area contributed by atoms with E-state index >= 15 is 0 Å². The van der Waals surface area contributed by atoms with Gasteiger partial charge in [-0.25, -0.2) is 17.5 Å². The highest BCUT2D eigenvalue weighted by Gasteiger charge is 2.26. The van der Waals surface area contributed by atoms with Crippen LogP contribution in [0.3, 0.4) is 0 Å². The molecule has 0 saturated carbocycles. The molecule has 0 radical (unpaired) electrons. The van der Waals surface area contributed by atoms with Gasteiger partial charge in [0.25, 0.3) is 5.91 Å². The lowest BCUT2D eigenvalue weighted by Gasteiger charge is -2.36. The summed E-state index contributed by atoms with van der Waals surface area (Å²) in [6.07, 6.45) is 0. The van der Waals surface area contributed by atoms with Crippen LogP contribution < -0.4 is 9.62 Å². The number of halogens is 2. The Morgan fingerprint density at radius 1 is 1.11 bits per heavy atom. The van der Waals surface area contributed by atoms with Crippen molar-refractivity contribution in [1.29, 1.82) is 0 Å². The Morgan fingerprint density at radius 3 is 2.41 bits per heavy atom. The van der Waals surface area contributed by atoms with Crippen molar-refractivity contribution in [3.8, 4) is 0 Å². The molecule has 0 aromatic heterocycles. The van der Waals surface area contributed by atoms with Gasteiger partial charge < -0.3 is 9.80 Å². The van der Waals surface area contributed by atoms with Crippen molar-refractivity contribution in [3.05, 3.63) is 58.9 Å². The number of carbonyl (C=O) groups is 1. The molecule has 0 spiro atoms. The number of anilines is 1. The number of para-hydroxylation sites is 1. The van der Waals surface area contributed by atoms with Crippen LogP contribution in [0.15, 0.2) is 47.4 Å². The summed E-state index contributed by atoms with van der Waals surface area (Å²) in [7, 11) is -2.38. The van der Waals surface area contributed by atoms with Crippen LogP contribution in [0, 0.1) is 5.82 Å². The summed E-state index contributed by atoms with van der Waals surface area (Å²) in [5.41, 5.74) is 0.636. The fourth-order valence-corrected chi connectivity index (χ4v) is 3.94. The fraction of sp³-hybridized carbons (Fsp3) is 0.278. The third-order valence-electron chi connectivity index (χ3n) is 4.51. The summed E-state index contributed by atoms with van der Waals surface area (Å²) in [6, 6.07) is 10.5. The van der Waals surface area contributed by atoms with Crippen LogP contribution in [0.2, 0.25) is 5.02 Å². The lowest BCUT2D eigenvalue weighted by Crippen LogP contribution is -2.49. The summed E-state index contributed by atoms with van der Waals surface area (Å²) in [5.74, 6) is -0.647. The molecule has 1 saturated heterocycles. The Balaban J connectivity index is 1.77. The SMILES string of the molecule is CNS(=O)(=O)c1ccc(Cl)c(C(=O)N2CCN(c3ccccc3F)CC2)c1. The van der Waals surface area contributed by atoms with Gasteiger partial charge in [-0.1, -0.05) is 23.7 Å². The van der Waals surface area contributed by atoms with Crippen molar-refractivity contribution >= 4 is 33.2 Å². The van der Waals surface area contributed by atoms with E-state index in [4.69, 9.17) is 11.6 Å². The van der Waals surface area contributed by atoms with E-state index in [9.17, 15) is 17.6 Å². The molecule has 2 aromatic carbocycles. The normalized spacial score (nSPS) is 15.1. The molecule has 1 heterocycles. The Bertz CT molecular complexity index is 960. The second-order valence-electron chi connectivity index (χ2n) is 6.08. The fourth-order valence-electron chi connectivity index (χ4n) is 2.98. The van der Waals surface area contributed by atoms with Crippen LogP contribution in [0.5, 0.6) is 0 Å². The third-order valence-corrected chi connectivity index (χ3v) is 6.25. The smallest absolute Gasteiger partial charge is 0.255 e. The van der Waals surface area contributed by atoms with Crippen LogP contribution in [0.1, 0.15) is 10.4 Å². The average molecular weight is 412 g/mol. The first-order valence-corrected chi connectivity index (χ1v) is 10.2. The molecule has 0 atom stereocenters. The number of benzene rings is 2. The van der Waals surface area contributed by atoms with Crippen LogP contribution >= 0.6 is 11.6 Å². The Kier molecular flexibility index (Phi) is 5.69. The maximum Gasteiger partial charge on any atom is 0.255 e. The number of rotatable bonds is 4. The van der Waals surface area contributed by atoms with Gasteiger partial charge in [0, 0.05) is 26.2 Å². The summed E-state index contributed by atoms with van der Waals surface area (Å²) < 4.78 is 40.1. The molecule has 27 heavy (non-hydrogen) atoms. The molecule has 0 aliphatic carbocycles. The molecule has 6 nitrogen and oxygen atoms in total. The molecule has 9 heteroatoms. The van der Waals surface area contributed by atoms with Crippen molar-refractivity contribution < 1.29 is 17.6 Å². The van der Waals surface area contributed by atoms with Gasteiger partial charge in [0.2, 0.25) is 10.0 Å². The number of sulfonamides is 1. The third kappa shape index (κ3) is 4.07. The molecule has 1 aliphatic rings. The first-order chi connectivity index (χ1) is 12.8. The summed E-state index contributed by atoms with van der Waals surface area (Å²) in [5, 5.41) is 0.187. The van der Waals surface area contributed by atoms with Gasteiger partial charge in [-0.2, -0.15) is 0 Å². The molecule has 3 rings (SSSR count). The summed E-state index contributed by atoms with van der Waals surface area (Å²) in [6.45, 7) is 1.70. The van der Waals surface area contributed by atoms with E-state index in [0.29, 0.717) is 31.9 Å². The maximum atomic E-state index is 13.9. The number of carbonyl (C=O) groups excluding carboxylic acids is 1. The zero-order valence-corrected chi connectivity index (χ0v) is 16.2. The van der Waals surface area contributed by atoms with E-state index in [-0.39, 0.29) is 27.2 Å². The van der Waals surface area contributed by atoms with E-state index < -0.39 is 10.0 Å². The Hall–Kier alpha value is -2.16. The topological polar surface area (TPSA) is 69.7 Å². The molecule has 1 aliphatic heterocycles. The minimum absolute atomic E-state index is 0.0252. The van der Waals surface area contributed by atoms with Gasteiger partial charge in [-0.15, -0.1) is 0 Å². The van der Waals surface area contributed by atoms with Gasteiger partial charge in [0.15, 0.2) is 0 Å². The van der Waals surface area contributed by atoms with E-state index in [1.165, 1.54) is 31.3 Å². The van der Waals surface area contributed by atoms with Gasteiger partial charge in [0.05, 0.1) is 21.2 Å². The van der Waals surface area contributed by atoms with Crippen LogP contribution in [0.25, 0.3) is 0 Å². The first-order valence-electron chi connectivity index (χ1n) is 8.35. The highest BCUT2D eigenvalue weighted by molar-refractivity contribution is 7.89. The maximum absolute atomic E-state index is 13.9. The minimum atomic E-state index is -3.68. The van der Waals surface area contributed by atoms with Gasteiger partial charge in [-0.3, -0.25) is 4.79 Å². The van der Waals surface area contributed by atoms with E-state index in [0.717, 1.165) is 0 Å². The van der Waals surface area contributed by atoms with E-state index in [1.54, 1.807) is 23.1 Å². The number of nitrogens with one attached hydrogen (secondary N) is 1. The number of amides is 1. The monoisotopic (exact) mass is 411 g/mol. The van der Waals surface area contributed by atoms with Gasteiger partial charge in [-0.05, 0) is 37.4 Å². The van der Waals surface area contributed by atoms with Crippen LogP contribution in [-0.2, 0) is 10.0 Å². The van der Waals surface area contributed by atoms with Gasteiger partial charge in [0.1, 0.15) is 5.82 Å². The zero-order valence-electron chi connectivity index (χ0n) is 14.7. The van der Waals surface area contributed by atoms with Gasteiger partial charge >= 0.3 is 0 Å². The summed E-state index contributed by atoms with van der Waals surface area (Å²) in [4.78, 5) is 16.3. The Morgan fingerprint density at radius 2 is 1.78 bits per heavy atom. The molecule has 144 valence electrons. The molecule has 0 unspecified atom stereocenters. The van der Waals surface area contributed by atoms with Crippen molar-refractivity contribution in [2.45, 2.75) is 4.90 Å². The molecule has 2 aromatic rings. The van der Waals surface area contributed by atoms with Crippen molar-refractivity contribution in [3.63, 3.8) is 0 Å². The number of nitrogens with zero attached hydrogens (tertiary/aromatic N) is 2. The molecule has 0 bridgehead atoms. The zero-order chi connectivity index (χ0) is 19.6. The predicted molar refractivity (Wildman–Crippen MR) is 102 cm³/mol. The van der Waals surface area contributed by atoms with Crippen molar-refractivity contribution in [1.82, 2.24) is 9.62 Å². The van der Waals surface area contributed by atoms with Crippen LogP contribution in [0.4, 0.5) is 10.1 Å². The second-order valence-corrected chi connectivity index (χ2v) is 8.37. The number of hydrogen-bond acceptors (Lipinski definition) is 4. The van der Waals surface area contributed by atoms with E-state index in [1.807, 2.05) is 4.90 Å². The average Bonchev–Trinajstić information content (AvgIpc) is 2.68. The quantitative estimate of drug-likeness (QED) is 0.838. The highest BCUT2D eigenvalue weighted by atomic mass is 35.5. The Labute approximate surface area is 162 Å². The summed E-state index contributed by atoms with van der Waals surface area (Å²) >= 11 is 6.13. The van der Waals surface area contributed by atoms with Crippen LogP contribution in [-0.4, -0.2) is 52.5 Å². The van der Waals surface area contributed by atoms with Crippen molar-refractivity contribution in [2.75, 3.05) is 38.1 Å². The molecule has 1 fully saturated rings.